The number of carbonyl (C=O) groups is 1. The van der Waals surface area contributed by atoms with E-state index in [0.717, 1.165) is 22.4 Å². The van der Waals surface area contributed by atoms with Gasteiger partial charge in [0, 0.05) is 16.3 Å². The first-order valence-corrected chi connectivity index (χ1v) is 10.1. The smallest absolute Gasteiger partial charge is 0.235 e. The van der Waals surface area contributed by atoms with Crippen LogP contribution in [-0.4, -0.2) is 5.91 Å². The molecule has 0 fully saturated rings. The van der Waals surface area contributed by atoms with Gasteiger partial charge in [-0.2, -0.15) is 0 Å². The lowest BCUT2D eigenvalue weighted by atomic mass is 9.78. The van der Waals surface area contributed by atoms with Crippen LogP contribution in [0.25, 0.3) is 11.1 Å². The molecule has 0 saturated heterocycles. The Bertz CT molecular complexity index is 1040. The lowest BCUT2D eigenvalue weighted by Gasteiger charge is -2.23. The van der Waals surface area contributed by atoms with Crippen molar-refractivity contribution in [1.29, 1.82) is 0 Å². The first-order chi connectivity index (χ1) is 13.4. The van der Waals surface area contributed by atoms with Crippen molar-refractivity contribution in [3.05, 3.63) is 88.4 Å². The van der Waals surface area contributed by atoms with Crippen LogP contribution in [0.3, 0.4) is 0 Å². The maximum absolute atomic E-state index is 12.9. The van der Waals surface area contributed by atoms with Gasteiger partial charge in [-0.05, 0) is 53.6 Å². The van der Waals surface area contributed by atoms with Gasteiger partial charge in [0.1, 0.15) is 0 Å². The van der Waals surface area contributed by atoms with Gasteiger partial charge in [0.15, 0.2) is 0 Å². The van der Waals surface area contributed by atoms with Gasteiger partial charge in [-0.25, -0.2) is 0 Å². The van der Waals surface area contributed by atoms with Gasteiger partial charge < -0.3 is 5.32 Å². The molecule has 1 unspecified atom stereocenters. The highest BCUT2D eigenvalue weighted by Crippen LogP contribution is 2.42. The highest BCUT2D eigenvalue weighted by molar-refractivity contribution is 6.33. The Labute approximate surface area is 171 Å². The summed E-state index contributed by atoms with van der Waals surface area (Å²) in [7, 11) is 0. The van der Waals surface area contributed by atoms with Gasteiger partial charge in [-0.3, -0.25) is 4.79 Å². The summed E-state index contributed by atoms with van der Waals surface area (Å²) in [6.07, 6.45) is 0.676. The fourth-order valence-electron chi connectivity index (χ4n) is 3.98. The van der Waals surface area contributed by atoms with Crippen LogP contribution in [0.15, 0.2) is 66.7 Å². The zero-order valence-corrected chi connectivity index (χ0v) is 17.2. The molecule has 142 valence electrons. The zero-order valence-electron chi connectivity index (χ0n) is 16.4. The second-order valence-corrected chi connectivity index (χ2v) is 8.51. The summed E-state index contributed by atoms with van der Waals surface area (Å²) in [4.78, 5) is 12.9. The highest BCUT2D eigenvalue weighted by Gasteiger charge is 2.42. The molecule has 4 rings (SSSR count). The van der Waals surface area contributed by atoms with E-state index in [-0.39, 0.29) is 5.91 Å². The number of hydrogen-bond donors (Lipinski definition) is 1. The van der Waals surface area contributed by atoms with Crippen LogP contribution < -0.4 is 5.32 Å². The highest BCUT2D eigenvalue weighted by atomic mass is 35.5. The molecule has 0 spiro atoms. The van der Waals surface area contributed by atoms with E-state index in [4.69, 9.17) is 11.6 Å². The van der Waals surface area contributed by atoms with Crippen LogP contribution in [0.1, 0.15) is 43.4 Å². The second kappa shape index (κ2) is 7.10. The molecule has 3 heteroatoms. The molecule has 1 amide bonds. The molecule has 0 bridgehead atoms. The predicted octanol–water partition coefficient (Wildman–Crippen LogP) is 6.58. The summed E-state index contributed by atoms with van der Waals surface area (Å²) in [6.45, 7) is 6.40. The molecule has 1 heterocycles. The third-order valence-corrected chi connectivity index (χ3v) is 6.08. The van der Waals surface area contributed by atoms with Crippen molar-refractivity contribution in [2.75, 3.05) is 5.32 Å². The van der Waals surface area contributed by atoms with Gasteiger partial charge in [-0.1, -0.05) is 80.0 Å². The van der Waals surface area contributed by atoms with E-state index in [0.29, 0.717) is 17.4 Å². The average Bonchev–Trinajstić information content (AvgIpc) is 2.92. The molecule has 1 atom stereocenters. The molecule has 2 nitrogen and oxygen atoms in total. The van der Waals surface area contributed by atoms with Crippen molar-refractivity contribution in [1.82, 2.24) is 0 Å². The minimum Gasteiger partial charge on any atom is -0.325 e. The molecule has 3 aromatic carbocycles. The van der Waals surface area contributed by atoms with Crippen molar-refractivity contribution in [2.45, 2.75) is 38.5 Å². The van der Waals surface area contributed by atoms with Crippen LogP contribution in [0.5, 0.6) is 0 Å². The first kappa shape index (κ1) is 18.8. The maximum atomic E-state index is 12.9. The van der Waals surface area contributed by atoms with E-state index in [1.807, 2.05) is 37.3 Å². The SMILES string of the molecule is CC(C)c1ccc(CC2(C)C(=O)Nc3cc(-c4ccccc4Cl)ccc32)cc1. The molecular formula is C25H24ClNO. The van der Waals surface area contributed by atoms with Crippen LogP contribution in [0, 0.1) is 0 Å². The third-order valence-electron chi connectivity index (χ3n) is 5.75. The fraction of sp³-hybridized carbons (Fsp3) is 0.240. The molecule has 1 aliphatic rings. The molecule has 0 aliphatic carbocycles. The molecule has 0 saturated carbocycles. The quantitative estimate of drug-likeness (QED) is 0.536. The Kier molecular flexibility index (Phi) is 4.76. The largest absolute Gasteiger partial charge is 0.325 e. The van der Waals surface area contributed by atoms with E-state index in [1.165, 1.54) is 11.1 Å². The summed E-state index contributed by atoms with van der Waals surface area (Å²) in [5.74, 6) is 0.551. The minimum atomic E-state index is -0.576. The Balaban J connectivity index is 1.67. The third kappa shape index (κ3) is 3.22. The van der Waals surface area contributed by atoms with Crippen LogP contribution in [-0.2, 0) is 16.6 Å². The summed E-state index contributed by atoms with van der Waals surface area (Å²) >= 11 is 6.35. The fourth-order valence-corrected chi connectivity index (χ4v) is 4.22. The number of carbonyl (C=O) groups excluding carboxylic acids is 1. The monoisotopic (exact) mass is 389 g/mol. The van der Waals surface area contributed by atoms with E-state index < -0.39 is 5.41 Å². The molecule has 3 aromatic rings. The van der Waals surface area contributed by atoms with Crippen molar-refractivity contribution < 1.29 is 4.79 Å². The van der Waals surface area contributed by atoms with Crippen molar-refractivity contribution in [3.8, 4) is 11.1 Å². The summed E-state index contributed by atoms with van der Waals surface area (Å²) in [6, 6.07) is 22.5. The standard InChI is InChI=1S/C25H24ClNO/c1-16(2)18-10-8-17(9-11-18)15-25(3)21-13-12-19(14-23(21)27-24(25)28)20-6-4-5-7-22(20)26/h4-14,16H,15H2,1-3H3,(H,27,28). The van der Waals surface area contributed by atoms with Crippen molar-refractivity contribution in [2.24, 2.45) is 0 Å². The summed E-state index contributed by atoms with van der Waals surface area (Å²) in [5, 5.41) is 3.79. The van der Waals surface area contributed by atoms with Gasteiger partial charge in [0.05, 0.1) is 5.41 Å². The molecule has 0 radical (unpaired) electrons. The summed E-state index contributed by atoms with van der Waals surface area (Å²) < 4.78 is 0. The maximum Gasteiger partial charge on any atom is 0.235 e. The Morgan fingerprint density at radius 3 is 2.39 bits per heavy atom. The number of fused-ring (bicyclic) bond motifs is 1. The predicted molar refractivity (Wildman–Crippen MR) is 117 cm³/mol. The van der Waals surface area contributed by atoms with E-state index >= 15 is 0 Å². The number of anilines is 1. The Hall–Kier alpha value is -2.58. The normalized spacial score (nSPS) is 18.2. The average molecular weight is 390 g/mol. The topological polar surface area (TPSA) is 29.1 Å². The number of benzene rings is 3. The number of halogens is 1. The van der Waals surface area contributed by atoms with Crippen molar-refractivity contribution >= 4 is 23.2 Å². The molecular weight excluding hydrogens is 366 g/mol. The number of rotatable bonds is 4. The molecule has 0 aromatic heterocycles. The summed E-state index contributed by atoms with van der Waals surface area (Å²) in [5.41, 5.74) is 5.81. The Morgan fingerprint density at radius 1 is 1.00 bits per heavy atom. The van der Waals surface area contributed by atoms with Gasteiger partial charge in [-0.15, -0.1) is 0 Å². The Morgan fingerprint density at radius 2 is 1.71 bits per heavy atom. The molecule has 1 N–H and O–H groups in total. The van der Waals surface area contributed by atoms with Crippen LogP contribution >= 0.6 is 11.6 Å². The second-order valence-electron chi connectivity index (χ2n) is 8.10. The van der Waals surface area contributed by atoms with Crippen LogP contribution in [0.2, 0.25) is 5.02 Å². The first-order valence-electron chi connectivity index (χ1n) is 9.68. The molecule has 1 aliphatic heterocycles. The van der Waals surface area contributed by atoms with Gasteiger partial charge in [0.25, 0.3) is 0 Å². The van der Waals surface area contributed by atoms with E-state index in [2.05, 4.69) is 55.6 Å². The number of amides is 1. The van der Waals surface area contributed by atoms with Gasteiger partial charge >= 0.3 is 0 Å². The van der Waals surface area contributed by atoms with Crippen molar-refractivity contribution in [3.63, 3.8) is 0 Å². The van der Waals surface area contributed by atoms with Crippen LogP contribution in [0.4, 0.5) is 5.69 Å². The lowest BCUT2D eigenvalue weighted by Crippen LogP contribution is -2.33. The zero-order chi connectivity index (χ0) is 19.9. The van der Waals surface area contributed by atoms with E-state index in [1.54, 1.807) is 0 Å². The molecule has 28 heavy (non-hydrogen) atoms. The lowest BCUT2D eigenvalue weighted by molar-refractivity contribution is -0.120. The van der Waals surface area contributed by atoms with Gasteiger partial charge in [0.2, 0.25) is 5.91 Å². The van der Waals surface area contributed by atoms with E-state index in [9.17, 15) is 4.79 Å². The number of nitrogens with one attached hydrogen (secondary N) is 1. The minimum absolute atomic E-state index is 0.0479. The number of hydrogen-bond acceptors (Lipinski definition) is 1.